The van der Waals surface area contributed by atoms with Gasteiger partial charge in [-0.15, -0.1) is 9.69 Å². The SMILES string of the molecule is S=C(N[C@@H]1CCCC[C@H]1[N+]#C[S-])NC(c1ccccc1)(c1ccccc1)c1ccccc1.S=C(N[C@@H]1CCCC[C@H]1[N+]#C[S-])NC(c1ccccc1)(c1ccccc1)c1ccccc1. The van der Waals surface area contributed by atoms with E-state index in [9.17, 15) is 0 Å². The highest BCUT2D eigenvalue weighted by atomic mass is 32.1. The quantitative estimate of drug-likeness (QED) is 0.0469. The minimum absolute atomic E-state index is 0.112. The molecule has 2 fully saturated rings. The van der Waals surface area contributed by atoms with E-state index in [1.807, 2.05) is 36.4 Å². The van der Waals surface area contributed by atoms with E-state index in [0.29, 0.717) is 10.2 Å². The second kappa shape index (κ2) is 23.2. The molecule has 0 aliphatic heterocycles. The first-order valence-corrected chi connectivity index (χ1v) is 23.8. The van der Waals surface area contributed by atoms with Crippen molar-refractivity contribution in [2.45, 2.75) is 86.6 Å². The van der Waals surface area contributed by atoms with Gasteiger partial charge in [0.2, 0.25) is 0 Å². The highest BCUT2D eigenvalue weighted by Gasteiger charge is 2.41. The Morgan fingerprint density at radius 1 is 0.406 bits per heavy atom. The molecule has 4 atom stereocenters. The minimum Gasteiger partial charge on any atom is -0.643 e. The Hall–Kier alpha value is -5.88. The van der Waals surface area contributed by atoms with Crippen molar-refractivity contribution in [3.63, 3.8) is 0 Å². The Labute approximate surface area is 401 Å². The minimum atomic E-state index is -0.633. The highest BCUT2D eigenvalue weighted by Crippen LogP contribution is 2.38. The molecule has 2 aliphatic rings. The maximum atomic E-state index is 5.91. The summed E-state index contributed by atoms with van der Waals surface area (Å²) in [6.07, 6.45) is 8.67. The van der Waals surface area contributed by atoms with Gasteiger partial charge >= 0.3 is 0 Å². The number of rotatable bonds is 10. The molecule has 4 N–H and O–H groups in total. The molecule has 0 unspecified atom stereocenters. The molecule has 0 spiro atoms. The average Bonchev–Trinajstić information content (AvgIpc) is 3.36. The van der Waals surface area contributed by atoms with Gasteiger partial charge in [-0.2, -0.15) is 0 Å². The summed E-state index contributed by atoms with van der Waals surface area (Å²) in [5.41, 5.74) is 5.48. The Morgan fingerprint density at radius 2 is 0.641 bits per heavy atom. The topological polar surface area (TPSA) is 56.8 Å². The number of thiocarbonyl (C=S) groups is 2. The highest BCUT2D eigenvalue weighted by molar-refractivity contribution is 7.80. The molecule has 0 radical (unpaired) electrons. The van der Waals surface area contributed by atoms with Crippen LogP contribution in [-0.4, -0.2) is 34.4 Å². The van der Waals surface area contributed by atoms with Crippen LogP contribution in [0.15, 0.2) is 182 Å². The maximum absolute atomic E-state index is 5.91. The van der Waals surface area contributed by atoms with Crippen LogP contribution in [0.1, 0.15) is 84.7 Å². The number of benzene rings is 6. The summed E-state index contributed by atoms with van der Waals surface area (Å²) >= 11 is 21.6. The number of nitrogens with zero attached hydrogens (tertiary/aromatic N) is 2. The molecular weight excluding hydrogens is 861 g/mol. The van der Waals surface area contributed by atoms with E-state index in [2.05, 4.69) is 187 Å². The molecule has 0 amide bonds. The second-order valence-electron chi connectivity index (χ2n) is 16.3. The fourth-order valence-electron chi connectivity index (χ4n) is 9.32. The summed E-state index contributed by atoms with van der Waals surface area (Å²) in [4.78, 5) is 8.81. The fourth-order valence-corrected chi connectivity index (χ4v) is 10.2. The molecule has 2 aliphatic carbocycles. The summed E-state index contributed by atoms with van der Waals surface area (Å²) in [5, 5.41) is 20.9. The van der Waals surface area contributed by atoms with Crippen molar-refractivity contribution in [1.82, 2.24) is 21.3 Å². The van der Waals surface area contributed by atoms with Gasteiger partial charge in [-0.3, -0.25) is 0 Å². The van der Waals surface area contributed by atoms with E-state index >= 15 is 0 Å². The van der Waals surface area contributed by atoms with Crippen LogP contribution in [0.4, 0.5) is 0 Å². The van der Waals surface area contributed by atoms with Gasteiger partial charge in [0, 0.05) is 12.8 Å². The summed E-state index contributed by atoms with van der Waals surface area (Å²) in [6.45, 7) is 0. The van der Waals surface area contributed by atoms with E-state index in [1.54, 1.807) is 0 Å². The molecule has 10 heteroatoms. The van der Waals surface area contributed by atoms with E-state index in [0.717, 1.165) is 84.7 Å². The second-order valence-corrected chi connectivity index (χ2v) is 17.4. The van der Waals surface area contributed by atoms with Gasteiger partial charge in [-0.25, -0.2) is 0 Å². The monoisotopic (exact) mass is 914 g/mol. The average molecular weight is 915 g/mol. The van der Waals surface area contributed by atoms with Gasteiger partial charge in [-0.05, 0) is 83.5 Å². The lowest BCUT2D eigenvalue weighted by Gasteiger charge is -2.38. The van der Waals surface area contributed by atoms with E-state index in [4.69, 9.17) is 49.7 Å². The molecule has 64 heavy (non-hydrogen) atoms. The molecule has 6 aromatic carbocycles. The third-order valence-corrected chi connectivity index (χ3v) is 13.0. The van der Waals surface area contributed by atoms with E-state index < -0.39 is 11.1 Å². The van der Waals surface area contributed by atoms with Crippen LogP contribution in [0.2, 0.25) is 0 Å². The predicted molar refractivity (Wildman–Crippen MR) is 277 cm³/mol. The maximum Gasteiger partial charge on any atom is 0.289 e. The van der Waals surface area contributed by atoms with E-state index in [-0.39, 0.29) is 24.2 Å². The molecule has 8 rings (SSSR count). The standard InChI is InChI=1S/2C27H27N3S2/c2*31-20-28-24-18-10-11-19-25(24)29-26(32)30-27(21-12-4-1-5-13-21,22-14-6-2-7-15-22)23-16-8-3-9-17-23/h2*1-9,12-17,24-25H,10-11,18-19H2,(H2,29,30,32)/t2*24-,25-/m11/s1. The third-order valence-electron chi connectivity index (χ3n) is 12.4. The Morgan fingerprint density at radius 3 is 0.875 bits per heavy atom. The summed E-state index contributed by atoms with van der Waals surface area (Å²) in [6, 6.07) is 63.4. The largest absolute Gasteiger partial charge is 0.643 e. The summed E-state index contributed by atoms with van der Waals surface area (Å²) in [7, 11) is 0. The van der Waals surface area contributed by atoms with Gasteiger partial charge in [0.15, 0.2) is 10.2 Å². The summed E-state index contributed by atoms with van der Waals surface area (Å²) in [5.74, 6) is 0. The van der Waals surface area contributed by atoms with Crippen molar-refractivity contribution in [1.29, 1.82) is 0 Å². The molecular formula is C54H54N6S4. The third kappa shape index (κ3) is 11.1. The first-order valence-electron chi connectivity index (χ1n) is 22.1. The smallest absolute Gasteiger partial charge is 0.289 e. The van der Waals surface area contributed by atoms with Crippen LogP contribution in [0.5, 0.6) is 0 Å². The van der Waals surface area contributed by atoms with Gasteiger partial charge < -0.3 is 46.5 Å². The van der Waals surface area contributed by atoms with Crippen molar-refractivity contribution < 1.29 is 0 Å². The molecule has 0 aromatic heterocycles. The predicted octanol–water partition coefficient (Wildman–Crippen LogP) is 11.2. The zero-order valence-electron chi connectivity index (χ0n) is 35.8. The number of nitrogens with one attached hydrogen (secondary N) is 4. The molecule has 2 saturated carbocycles. The van der Waals surface area contributed by atoms with Crippen molar-refractivity contribution in [2.24, 2.45) is 0 Å². The summed E-state index contributed by atoms with van der Waals surface area (Å²) < 4.78 is 0. The van der Waals surface area contributed by atoms with Crippen molar-refractivity contribution >= 4 is 59.9 Å². The lowest BCUT2D eigenvalue weighted by molar-refractivity contribution is 0.389. The Kier molecular flexibility index (Phi) is 16.7. The molecule has 6 nitrogen and oxygen atoms in total. The Bertz CT molecular complexity index is 2140. The van der Waals surface area contributed by atoms with Gasteiger partial charge in [0.25, 0.3) is 12.1 Å². The van der Waals surface area contributed by atoms with Crippen molar-refractivity contribution in [3.8, 4) is 10.8 Å². The van der Waals surface area contributed by atoms with Crippen molar-refractivity contribution in [3.05, 3.63) is 225 Å². The lowest BCUT2D eigenvalue weighted by Crippen LogP contribution is -2.55. The first-order chi connectivity index (χ1) is 31.5. The number of hydrogen-bond donors (Lipinski definition) is 4. The fraction of sp³-hybridized carbons (Fsp3) is 0.259. The van der Waals surface area contributed by atoms with Crippen LogP contribution >= 0.6 is 24.4 Å². The first kappa shape index (κ1) is 46.1. The molecule has 0 heterocycles. The molecule has 0 saturated heterocycles. The van der Waals surface area contributed by atoms with Gasteiger partial charge in [0.1, 0.15) is 34.0 Å². The Balaban J connectivity index is 0.000000191. The zero-order chi connectivity index (χ0) is 44.5. The molecule has 6 aromatic rings. The number of thiocyanates is 2. The van der Waals surface area contributed by atoms with Crippen LogP contribution in [0.3, 0.4) is 0 Å². The number of hydrogen-bond acceptors (Lipinski definition) is 4. The lowest BCUT2D eigenvalue weighted by atomic mass is 9.77. The van der Waals surface area contributed by atoms with Crippen molar-refractivity contribution in [2.75, 3.05) is 0 Å². The van der Waals surface area contributed by atoms with Crippen LogP contribution < -0.4 is 21.3 Å². The van der Waals surface area contributed by atoms with E-state index in [1.165, 1.54) is 0 Å². The van der Waals surface area contributed by atoms with Crippen LogP contribution in [0, 0.1) is 10.8 Å². The zero-order valence-corrected chi connectivity index (χ0v) is 39.1. The van der Waals surface area contributed by atoms with Crippen LogP contribution in [-0.2, 0) is 36.3 Å². The molecule has 324 valence electrons. The van der Waals surface area contributed by atoms with Crippen LogP contribution in [0.25, 0.3) is 9.69 Å². The normalized spacial score (nSPS) is 18.1. The van der Waals surface area contributed by atoms with Gasteiger partial charge in [-0.1, -0.05) is 195 Å². The van der Waals surface area contributed by atoms with Gasteiger partial charge in [0.05, 0.1) is 0 Å². The molecule has 0 bridgehead atoms.